The van der Waals surface area contributed by atoms with E-state index in [1.54, 1.807) is 0 Å². The van der Waals surface area contributed by atoms with Crippen molar-refractivity contribution in [2.24, 2.45) is 0 Å². The standard InChI is InChI=1S/5C4H7O2.V/c5*5-3-1-2-4-6;/h5*3H,1-2,4H2;/q5*-1;+5. The first kappa shape index (κ1) is 43.6. The second-order valence-electron chi connectivity index (χ2n) is 5.07. The predicted octanol–water partition coefficient (Wildman–Crippen LogP) is -3.37. The molecule has 0 saturated carbocycles. The van der Waals surface area contributed by atoms with Crippen LogP contribution in [-0.2, 0) is 42.5 Å². The first-order valence-electron chi connectivity index (χ1n) is 9.66. The zero-order chi connectivity index (χ0) is 24.1. The summed E-state index contributed by atoms with van der Waals surface area (Å²) >= 11 is 0. The van der Waals surface area contributed by atoms with Crippen LogP contribution in [-0.4, -0.2) is 64.5 Å². The van der Waals surface area contributed by atoms with E-state index in [0.29, 0.717) is 64.2 Å². The molecule has 0 fully saturated rings. The van der Waals surface area contributed by atoms with Crippen LogP contribution in [0, 0.1) is 0 Å². The molecule has 0 aromatic rings. The summed E-state index contributed by atoms with van der Waals surface area (Å²) in [5.74, 6) is 0. The van der Waals surface area contributed by atoms with Crippen molar-refractivity contribution in [3.05, 3.63) is 0 Å². The maximum Gasteiger partial charge on any atom is 5.00 e. The van der Waals surface area contributed by atoms with Gasteiger partial charge >= 0.3 is 18.6 Å². The van der Waals surface area contributed by atoms with Crippen LogP contribution in [0.4, 0.5) is 0 Å². The molecule has 10 nitrogen and oxygen atoms in total. The maximum atomic E-state index is 9.53. The molecule has 31 heavy (non-hydrogen) atoms. The fraction of sp³-hybridized carbons (Fsp3) is 0.750. The third kappa shape index (κ3) is 109. The van der Waals surface area contributed by atoms with E-state index < -0.39 is 0 Å². The Morgan fingerprint density at radius 1 is 0.355 bits per heavy atom. The van der Waals surface area contributed by atoms with Gasteiger partial charge in [-0.15, -0.1) is 33.0 Å². The van der Waals surface area contributed by atoms with Crippen LogP contribution in [0.25, 0.3) is 0 Å². The van der Waals surface area contributed by atoms with Crippen LogP contribution in [0.1, 0.15) is 64.2 Å². The van der Waals surface area contributed by atoms with Gasteiger partial charge in [-0.05, 0) is 0 Å². The molecular formula is C20H35O10V. The molecule has 0 heterocycles. The molecule has 0 bridgehead atoms. The second kappa shape index (κ2) is 63.0. The Kier molecular flexibility index (Phi) is 88.5. The molecule has 0 aromatic carbocycles. The number of hydrogen-bond acceptors (Lipinski definition) is 10. The topological polar surface area (TPSA) is 201 Å². The number of carbonyl (C=O) groups excluding carboxylic acids is 5. The van der Waals surface area contributed by atoms with Gasteiger partial charge in [0.2, 0.25) is 0 Å². The Hall–Kier alpha value is -1.27. The van der Waals surface area contributed by atoms with Crippen molar-refractivity contribution in [2.75, 3.05) is 33.0 Å². The van der Waals surface area contributed by atoms with E-state index in [1.165, 1.54) is 0 Å². The van der Waals surface area contributed by atoms with Gasteiger partial charge < -0.3 is 49.5 Å². The summed E-state index contributed by atoms with van der Waals surface area (Å²) in [7, 11) is 0. The zero-order valence-corrected chi connectivity index (χ0v) is 19.4. The molecule has 0 radical (unpaired) electrons. The summed E-state index contributed by atoms with van der Waals surface area (Å²) in [5, 5.41) is 47.6. The van der Waals surface area contributed by atoms with Crippen molar-refractivity contribution in [1.82, 2.24) is 0 Å². The van der Waals surface area contributed by atoms with Crippen molar-refractivity contribution in [3.63, 3.8) is 0 Å². The molecule has 0 atom stereocenters. The van der Waals surface area contributed by atoms with E-state index in [-0.39, 0.29) is 51.6 Å². The van der Waals surface area contributed by atoms with Gasteiger partial charge in [-0.3, -0.25) is 0 Å². The van der Waals surface area contributed by atoms with Gasteiger partial charge in [-0.25, -0.2) is 0 Å². The van der Waals surface area contributed by atoms with E-state index in [4.69, 9.17) is 0 Å². The van der Waals surface area contributed by atoms with Gasteiger partial charge in [0.05, 0.1) is 0 Å². The van der Waals surface area contributed by atoms with E-state index in [0.717, 1.165) is 31.4 Å². The SMILES string of the molecule is O=CCCC[O-].O=CCCC[O-].O=CCCC[O-].O=CCCC[O-].O=CCCC[O-].[V+5]. The number of carbonyl (C=O) groups is 5. The molecule has 0 unspecified atom stereocenters. The van der Waals surface area contributed by atoms with Gasteiger partial charge in [0.1, 0.15) is 31.4 Å². The number of aldehydes is 5. The quantitative estimate of drug-likeness (QED) is 0.166. The normalized spacial score (nSPS) is 7.90. The van der Waals surface area contributed by atoms with Crippen LogP contribution in [0.5, 0.6) is 0 Å². The first-order chi connectivity index (χ1) is 14.6. The molecule has 0 amide bonds. The molecule has 0 aromatic heterocycles. The maximum absolute atomic E-state index is 9.53. The molecular weight excluding hydrogens is 451 g/mol. The minimum atomic E-state index is -0.126. The summed E-state index contributed by atoms with van der Waals surface area (Å²) in [6.45, 7) is -0.631. The van der Waals surface area contributed by atoms with Crippen molar-refractivity contribution in [1.29, 1.82) is 0 Å². The summed E-state index contributed by atoms with van der Waals surface area (Å²) in [4.78, 5) is 47.1. The summed E-state index contributed by atoms with van der Waals surface area (Å²) in [5.41, 5.74) is 0. The summed E-state index contributed by atoms with van der Waals surface area (Å²) in [6.07, 6.45) is 8.36. The average molecular weight is 486 g/mol. The van der Waals surface area contributed by atoms with Crippen LogP contribution in [0.3, 0.4) is 0 Å². The van der Waals surface area contributed by atoms with Crippen molar-refractivity contribution >= 4 is 31.4 Å². The monoisotopic (exact) mass is 486 g/mol. The Morgan fingerprint density at radius 2 is 0.484 bits per heavy atom. The minimum Gasteiger partial charge on any atom is -0.854 e. The van der Waals surface area contributed by atoms with Crippen molar-refractivity contribution in [3.8, 4) is 0 Å². The Morgan fingerprint density at radius 3 is 0.516 bits per heavy atom. The Bertz CT molecular complexity index is 249. The summed E-state index contributed by atoms with van der Waals surface area (Å²) in [6, 6.07) is 0. The van der Waals surface area contributed by atoms with E-state index in [9.17, 15) is 49.5 Å². The minimum absolute atomic E-state index is 0. The third-order valence-electron chi connectivity index (χ3n) is 2.33. The fourth-order valence-corrected chi connectivity index (χ4v) is 0.833. The van der Waals surface area contributed by atoms with Crippen LogP contribution in [0.2, 0.25) is 0 Å². The largest absolute Gasteiger partial charge is 5.00 e. The molecule has 0 aliphatic heterocycles. The summed E-state index contributed by atoms with van der Waals surface area (Å²) < 4.78 is 0. The molecule has 11 heteroatoms. The van der Waals surface area contributed by atoms with Crippen LogP contribution in [0.15, 0.2) is 0 Å². The van der Waals surface area contributed by atoms with E-state index in [2.05, 4.69) is 0 Å². The number of rotatable bonds is 15. The Labute approximate surface area is 196 Å². The van der Waals surface area contributed by atoms with Crippen LogP contribution < -0.4 is 25.5 Å². The molecule has 180 valence electrons. The molecule has 0 N–H and O–H groups in total. The molecule has 0 spiro atoms. The first-order valence-corrected chi connectivity index (χ1v) is 9.66. The molecule has 0 saturated heterocycles. The second-order valence-corrected chi connectivity index (χ2v) is 5.07. The Balaban J connectivity index is -0.0000000625. The van der Waals surface area contributed by atoms with Gasteiger partial charge in [-0.2, -0.15) is 0 Å². The van der Waals surface area contributed by atoms with E-state index >= 15 is 0 Å². The van der Waals surface area contributed by atoms with Crippen LogP contribution >= 0.6 is 0 Å². The van der Waals surface area contributed by atoms with Gasteiger partial charge in [0.25, 0.3) is 0 Å². The molecule has 0 aliphatic carbocycles. The smallest absolute Gasteiger partial charge is 0.854 e. The molecule has 0 rings (SSSR count). The zero-order valence-electron chi connectivity index (χ0n) is 18.0. The van der Waals surface area contributed by atoms with Gasteiger partial charge in [0, 0.05) is 32.1 Å². The van der Waals surface area contributed by atoms with Gasteiger partial charge in [-0.1, -0.05) is 32.1 Å². The third-order valence-corrected chi connectivity index (χ3v) is 2.33. The number of hydrogen-bond donors (Lipinski definition) is 0. The van der Waals surface area contributed by atoms with E-state index in [1.807, 2.05) is 0 Å². The average Bonchev–Trinajstić information content (AvgIpc) is 2.78. The molecule has 0 aliphatic rings. The fourth-order valence-electron chi connectivity index (χ4n) is 0.833. The van der Waals surface area contributed by atoms with Crippen molar-refractivity contribution < 1.29 is 68.1 Å². The van der Waals surface area contributed by atoms with Crippen molar-refractivity contribution in [2.45, 2.75) is 64.2 Å². The number of unbranched alkanes of at least 4 members (excludes halogenated alkanes) is 5. The van der Waals surface area contributed by atoms with Gasteiger partial charge in [0.15, 0.2) is 0 Å². The predicted molar refractivity (Wildman–Crippen MR) is 101 cm³/mol.